The Morgan fingerprint density at radius 1 is 0.842 bits per heavy atom. The Labute approximate surface area is 121 Å². The summed E-state index contributed by atoms with van der Waals surface area (Å²) >= 11 is 1.91. The third kappa shape index (κ3) is 3.99. The normalized spacial score (nSPS) is 13.5. The van der Waals surface area contributed by atoms with Crippen LogP contribution in [0.5, 0.6) is 0 Å². The maximum atomic E-state index is 2.52. The Kier molecular flexibility index (Phi) is 4.22. The van der Waals surface area contributed by atoms with Crippen molar-refractivity contribution in [3.63, 3.8) is 0 Å². The summed E-state index contributed by atoms with van der Waals surface area (Å²) < 4.78 is 0. The van der Waals surface area contributed by atoms with E-state index in [4.69, 9.17) is 0 Å². The molecule has 0 bridgehead atoms. The fourth-order valence-electron chi connectivity index (χ4n) is 1.89. The highest BCUT2D eigenvalue weighted by Crippen LogP contribution is 2.55. The molecule has 2 rings (SSSR count). The second-order valence-corrected chi connectivity index (χ2v) is 13.0. The molecule has 0 amide bonds. The minimum atomic E-state index is -1.59. The lowest BCUT2D eigenvalue weighted by Gasteiger charge is -2.38. The zero-order valence-corrected chi connectivity index (χ0v) is 13.5. The van der Waals surface area contributed by atoms with E-state index in [-0.39, 0.29) is 0 Å². The first-order valence-electron chi connectivity index (χ1n) is 6.39. The van der Waals surface area contributed by atoms with Crippen LogP contribution in [-0.2, 0) is 0 Å². The molecule has 2 aromatic carbocycles. The van der Waals surface area contributed by atoms with Gasteiger partial charge in [-0.25, -0.2) is 8.75 Å². The highest BCUT2D eigenvalue weighted by molar-refractivity contribution is 8.46. The molecular weight excluding hydrogens is 268 g/mol. The van der Waals surface area contributed by atoms with E-state index in [0.717, 1.165) is 5.75 Å². The third-order valence-corrected chi connectivity index (χ3v) is 7.67. The van der Waals surface area contributed by atoms with Gasteiger partial charge in [-0.05, 0) is 35.8 Å². The van der Waals surface area contributed by atoms with Crippen molar-refractivity contribution >= 4 is 25.9 Å². The van der Waals surface area contributed by atoms with Gasteiger partial charge >= 0.3 is 0 Å². The van der Waals surface area contributed by atoms with E-state index in [1.807, 2.05) is 11.8 Å². The summed E-state index contributed by atoms with van der Waals surface area (Å²) in [6.45, 7) is 0. The van der Waals surface area contributed by atoms with Crippen LogP contribution in [0, 0.1) is 0 Å². The SMILES string of the molecule is CS(C)(C)(=CCSc1ccccc1)c1ccccc1. The molecule has 19 heavy (non-hydrogen) atoms. The van der Waals surface area contributed by atoms with Crippen LogP contribution in [0.4, 0.5) is 0 Å². The van der Waals surface area contributed by atoms with Gasteiger partial charge in [0, 0.05) is 10.6 Å². The molecule has 0 saturated heterocycles. The van der Waals surface area contributed by atoms with Crippen LogP contribution in [0.1, 0.15) is 0 Å². The quantitative estimate of drug-likeness (QED) is 0.572. The van der Waals surface area contributed by atoms with Crippen LogP contribution < -0.4 is 0 Å². The Hall–Kier alpha value is -0.990. The molecule has 0 spiro atoms. The van der Waals surface area contributed by atoms with Crippen molar-refractivity contribution in [1.82, 2.24) is 0 Å². The molecular formula is C17H22S2. The first-order chi connectivity index (χ1) is 8.96. The molecule has 2 aromatic rings. The summed E-state index contributed by atoms with van der Waals surface area (Å²) in [5, 5.41) is 2.52. The van der Waals surface area contributed by atoms with Gasteiger partial charge in [0.15, 0.2) is 0 Å². The van der Waals surface area contributed by atoms with Crippen LogP contribution in [0.3, 0.4) is 0 Å². The second-order valence-electron chi connectivity index (χ2n) is 5.77. The second kappa shape index (κ2) is 5.56. The molecule has 0 atom stereocenters. The van der Waals surface area contributed by atoms with Crippen molar-refractivity contribution in [3.8, 4) is 0 Å². The third-order valence-electron chi connectivity index (χ3n) is 3.23. The number of benzene rings is 2. The summed E-state index contributed by atoms with van der Waals surface area (Å²) in [6, 6.07) is 21.5. The summed E-state index contributed by atoms with van der Waals surface area (Å²) in [4.78, 5) is 2.81. The Balaban J connectivity index is 2.17. The Morgan fingerprint density at radius 2 is 1.37 bits per heavy atom. The lowest BCUT2D eigenvalue weighted by atomic mass is 10.4. The van der Waals surface area contributed by atoms with E-state index < -0.39 is 8.75 Å². The number of rotatable bonds is 4. The predicted octanol–water partition coefficient (Wildman–Crippen LogP) is 4.87. The van der Waals surface area contributed by atoms with Crippen molar-refractivity contribution < 1.29 is 0 Å². The highest BCUT2D eigenvalue weighted by Gasteiger charge is 2.17. The molecule has 0 aliphatic carbocycles. The van der Waals surface area contributed by atoms with Gasteiger partial charge < -0.3 is 0 Å². The van der Waals surface area contributed by atoms with Gasteiger partial charge in [0.25, 0.3) is 0 Å². The van der Waals surface area contributed by atoms with Gasteiger partial charge in [-0.15, -0.1) is 11.8 Å². The first kappa shape index (κ1) is 14.4. The van der Waals surface area contributed by atoms with Crippen LogP contribution in [-0.4, -0.2) is 29.9 Å². The molecule has 0 N–H and O–H groups in total. The molecule has 2 heteroatoms. The van der Waals surface area contributed by atoms with Crippen molar-refractivity contribution in [2.75, 3.05) is 24.5 Å². The van der Waals surface area contributed by atoms with Crippen LogP contribution >= 0.6 is 20.5 Å². The first-order valence-corrected chi connectivity index (χ1v) is 10.7. The standard InChI is InChI=1S/C17H22S2/c1-19(2,3,17-12-8-5-9-13-17)15-14-18-16-10-6-4-7-11-16/h4-13,15H,14H2,1-3H3. The predicted molar refractivity (Wildman–Crippen MR) is 93.3 cm³/mol. The van der Waals surface area contributed by atoms with Crippen LogP contribution in [0.2, 0.25) is 0 Å². The lowest BCUT2D eigenvalue weighted by molar-refractivity contribution is 1.43. The topological polar surface area (TPSA) is 0 Å². The van der Waals surface area contributed by atoms with Gasteiger partial charge in [-0.2, -0.15) is 0 Å². The van der Waals surface area contributed by atoms with Crippen LogP contribution in [0.25, 0.3) is 0 Å². The molecule has 0 nitrogen and oxygen atoms in total. The number of hydrogen-bond acceptors (Lipinski definition) is 1. The smallest absolute Gasteiger partial charge is 0.0204 e. The average Bonchev–Trinajstić information content (AvgIpc) is 2.40. The number of thioether (sulfide) groups is 1. The Morgan fingerprint density at radius 3 is 1.95 bits per heavy atom. The monoisotopic (exact) mass is 290 g/mol. The van der Waals surface area contributed by atoms with Crippen molar-refractivity contribution in [2.24, 2.45) is 0 Å². The molecule has 0 aliphatic heterocycles. The highest BCUT2D eigenvalue weighted by atomic mass is 32.3. The van der Waals surface area contributed by atoms with Gasteiger partial charge in [0.2, 0.25) is 0 Å². The summed E-state index contributed by atoms with van der Waals surface area (Å²) in [5.41, 5.74) is 0. The average molecular weight is 290 g/mol. The van der Waals surface area contributed by atoms with E-state index in [1.54, 1.807) is 0 Å². The molecule has 0 unspecified atom stereocenters. The van der Waals surface area contributed by atoms with Gasteiger partial charge in [0.05, 0.1) is 0 Å². The van der Waals surface area contributed by atoms with Crippen molar-refractivity contribution in [1.29, 1.82) is 0 Å². The molecule has 0 heterocycles. The maximum absolute atomic E-state index is 2.52. The lowest BCUT2D eigenvalue weighted by Crippen LogP contribution is -2.07. The Bertz CT molecular complexity index is 581. The molecule has 0 radical (unpaired) electrons. The van der Waals surface area contributed by atoms with E-state index in [2.05, 4.69) is 84.8 Å². The minimum absolute atomic E-state index is 1.06. The van der Waals surface area contributed by atoms with E-state index in [9.17, 15) is 0 Å². The van der Waals surface area contributed by atoms with Crippen LogP contribution in [0.15, 0.2) is 70.5 Å². The fourth-order valence-corrected chi connectivity index (χ4v) is 5.93. The molecule has 102 valence electrons. The fraction of sp³-hybridized carbons (Fsp3) is 0.235. The zero-order valence-electron chi connectivity index (χ0n) is 11.9. The molecule has 0 aliphatic rings. The molecule has 0 aromatic heterocycles. The van der Waals surface area contributed by atoms with Gasteiger partial charge in [-0.1, -0.05) is 53.9 Å². The van der Waals surface area contributed by atoms with Gasteiger partial charge in [-0.3, -0.25) is 0 Å². The number of hydrogen-bond donors (Lipinski definition) is 0. The van der Waals surface area contributed by atoms with Gasteiger partial charge in [0.1, 0.15) is 0 Å². The van der Waals surface area contributed by atoms with E-state index in [0.29, 0.717) is 0 Å². The minimum Gasteiger partial charge on any atom is -0.232 e. The summed E-state index contributed by atoms with van der Waals surface area (Å²) in [5.74, 6) is 1.06. The molecule has 0 saturated carbocycles. The summed E-state index contributed by atoms with van der Waals surface area (Å²) in [6.07, 6.45) is 7.20. The summed E-state index contributed by atoms with van der Waals surface area (Å²) in [7, 11) is -1.59. The van der Waals surface area contributed by atoms with E-state index >= 15 is 0 Å². The van der Waals surface area contributed by atoms with Crippen molar-refractivity contribution in [3.05, 3.63) is 60.7 Å². The maximum Gasteiger partial charge on any atom is 0.0204 e. The molecule has 0 fully saturated rings. The zero-order chi connectivity index (χ0) is 13.8. The largest absolute Gasteiger partial charge is 0.232 e. The van der Waals surface area contributed by atoms with E-state index in [1.165, 1.54) is 9.79 Å². The van der Waals surface area contributed by atoms with Crippen molar-refractivity contribution in [2.45, 2.75) is 9.79 Å².